The molecule has 0 saturated carbocycles. The van der Waals surface area contributed by atoms with Crippen LogP contribution in [0.4, 0.5) is 0 Å². The fourth-order valence-corrected chi connectivity index (χ4v) is 9.11. The zero-order valence-electron chi connectivity index (χ0n) is 40.7. The van der Waals surface area contributed by atoms with Gasteiger partial charge in [0.2, 0.25) is 65.0 Å². The number of nitrogens with two attached hydrogens (primary N) is 6. The van der Waals surface area contributed by atoms with E-state index in [1.54, 1.807) is 30.3 Å². The van der Waals surface area contributed by atoms with Crippen molar-refractivity contribution >= 4 is 92.5 Å². The maximum absolute atomic E-state index is 14.3. The first-order chi connectivity index (χ1) is 34.8. The van der Waals surface area contributed by atoms with Crippen molar-refractivity contribution in [2.24, 2.45) is 39.4 Å². The SMILES string of the molecule is CC(C)(NC(=O)C1CSSC[C@H](N)C(=O)NC(Cc2ccc(O)cc2)C(=O)N[C@@H](Cc2ccccc2)C(=O)N[C@@H](CCC(N)=O)C(=O)NC(CC(N)=O)C(=O)N1)C(=O)N[C@@H](CCCN=C(N)N)C(=O)NCC(N)=O. The Kier molecular flexibility index (Phi) is 24.4. The van der Waals surface area contributed by atoms with Gasteiger partial charge in [-0.05, 0) is 56.4 Å². The average molecular weight is 1070 g/mol. The minimum Gasteiger partial charge on any atom is -0.508 e. The Morgan fingerprint density at radius 3 is 1.82 bits per heavy atom. The lowest BCUT2D eigenvalue weighted by Gasteiger charge is -2.30. The van der Waals surface area contributed by atoms with Crippen LogP contribution in [-0.4, -0.2) is 148 Å². The fraction of sp³-hybridized carbons (Fsp3) is 0.467. The summed E-state index contributed by atoms with van der Waals surface area (Å²) in [6.07, 6.45) is -1.92. The summed E-state index contributed by atoms with van der Waals surface area (Å²) in [5, 5.41) is 29.8. The summed E-state index contributed by atoms with van der Waals surface area (Å²) < 4.78 is 0. The average Bonchev–Trinajstić information content (AvgIpc) is 3.32. The fourth-order valence-electron chi connectivity index (χ4n) is 6.83. The molecular formula is C45H65N15O12S2. The number of hydrogen-bond donors (Lipinski definition) is 15. The zero-order chi connectivity index (χ0) is 55.1. The second-order valence-electron chi connectivity index (χ2n) is 17.5. The lowest BCUT2D eigenvalue weighted by atomic mass is 10.0. The highest BCUT2D eigenvalue weighted by molar-refractivity contribution is 8.76. The summed E-state index contributed by atoms with van der Waals surface area (Å²) in [6, 6.07) is 3.73. The van der Waals surface area contributed by atoms with Crippen LogP contribution in [0.5, 0.6) is 5.75 Å². The van der Waals surface area contributed by atoms with Crippen LogP contribution in [0.15, 0.2) is 59.6 Å². The molecule has 21 N–H and O–H groups in total. The number of nitrogens with zero attached hydrogens (tertiary/aromatic N) is 1. The Bertz CT molecular complexity index is 2380. The summed E-state index contributed by atoms with van der Waals surface area (Å²) in [6.45, 7) is 2.07. The number of benzene rings is 2. The molecule has 3 rings (SSSR count). The van der Waals surface area contributed by atoms with Gasteiger partial charge in [0.05, 0.1) is 19.0 Å². The molecule has 1 fully saturated rings. The van der Waals surface area contributed by atoms with E-state index in [2.05, 4.69) is 47.5 Å². The summed E-state index contributed by atoms with van der Waals surface area (Å²) in [5.74, 6) is -11.1. The Hall–Kier alpha value is -7.66. The number of hydrogen-bond acceptors (Lipinski definition) is 16. The van der Waals surface area contributed by atoms with E-state index < -0.39 is 139 Å². The molecule has 1 saturated heterocycles. The quantitative estimate of drug-likeness (QED) is 0.0255. The number of carbonyl (C=O) groups is 11. The molecule has 29 heteroatoms. The number of phenolic OH excluding ortho intramolecular Hbond substituents is 1. The first-order valence-electron chi connectivity index (χ1n) is 23.0. The smallest absolute Gasteiger partial charge is 0.245 e. The molecule has 1 aliphatic heterocycles. The number of guanidine groups is 1. The third kappa shape index (κ3) is 21.6. The molecule has 2 aromatic carbocycles. The normalized spacial score (nSPS) is 20.8. The molecule has 0 aromatic heterocycles. The van der Waals surface area contributed by atoms with Gasteiger partial charge in [-0.3, -0.25) is 57.7 Å². The highest BCUT2D eigenvalue weighted by Gasteiger charge is 2.38. The van der Waals surface area contributed by atoms with Gasteiger partial charge in [-0.15, -0.1) is 0 Å². The third-order valence-corrected chi connectivity index (χ3v) is 13.3. The van der Waals surface area contributed by atoms with E-state index in [1.807, 2.05) is 0 Å². The topological polar surface area (TPSA) is 473 Å². The number of phenols is 1. The Morgan fingerprint density at radius 2 is 1.24 bits per heavy atom. The van der Waals surface area contributed by atoms with Gasteiger partial charge in [-0.25, -0.2) is 0 Å². The van der Waals surface area contributed by atoms with E-state index in [4.69, 9.17) is 34.4 Å². The van der Waals surface area contributed by atoms with Crippen LogP contribution < -0.4 is 76.9 Å². The first kappa shape index (κ1) is 60.6. The van der Waals surface area contributed by atoms with Crippen LogP contribution in [0.2, 0.25) is 0 Å². The van der Waals surface area contributed by atoms with Gasteiger partial charge in [0, 0.05) is 37.3 Å². The highest BCUT2D eigenvalue weighted by Crippen LogP contribution is 2.24. The van der Waals surface area contributed by atoms with Crippen molar-refractivity contribution in [3.05, 3.63) is 65.7 Å². The first-order valence-corrected chi connectivity index (χ1v) is 25.5. The largest absolute Gasteiger partial charge is 0.508 e. The number of amides is 11. The van der Waals surface area contributed by atoms with Gasteiger partial charge in [-0.2, -0.15) is 0 Å². The summed E-state index contributed by atoms with van der Waals surface area (Å²) in [4.78, 5) is 151. The van der Waals surface area contributed by atoms with Gasteiger partial charge in [0.1, 0.15) is 47.5 Å². The monoisotopic (exact) mass is 1070 g/mol. The predicted octanol–water partition coefficient (Wildman–Crippen LogP) is -5.50. The van der Waals surface area contributed by atoms with E-state index in [0.717, 1.165) is 21.6 Å². The van der Waals surface area contributed by atoms with Crippen LogP contribution >= 0.6 is 21.6 Å². The highest BCUT2D eigenvalue weighted by atomic mass is 33.1. The Morgan fingerprint density at radius 1 is 0.703 bits per heavy atom. The zero-order valence-corrected chi connectivity index (χ0v) is 42.3. The van der Waals surface area contributed by atoms with Gasteiger partial charge in [0.15, 0.2) is 5.96 Å². The summed E-state index contributed by atoms with van der Waals surface area (Å²) in [5.41, 5.74) is 32.4. The molecule has 7 atom stereocenters. The van der Waals surface area contributed by atoms with Crippen LogP contribution in [0, 0.1) is 0 Å². The number of aliphatic imine (C=N–C) groups is 1. The number of primary amides is 3. The van der Waals surface area contributed by atoms with Crippen molar-refractivity contribution in [1.82, 2.24) is 42.5 Å². The second-order valence-corrected chi connectivity index (χ2v) is 20.0. The number of carbonyl (C=O) groups excluding carboxylic acids is 11. The molecule has 0 aliphatic carbocycles. The Balaban J connectivity index is 2.05. The standard InChI is InChI=1S/C45H65N15O12S2/c1-45(2,43(72)59-27(9-6-16-52-44(50)51)37(66)53-20-35(49)64)60-42(71)32-22-74-73-21-26(46)36(65)55-29(18-24-10-12-25(61)13-11-24)40(69)56-30(17-23-7-4-3-5-8-23)39(68)54-28(14-15-33(47)62)38(67)57-31(19-34(48)63)41(70)58-32/h3-5,7-8,10-13,26-32,61H,6,9,14-22,46H2,1-2H3,(H2,47,62)(H2,48,63)(H2,49,64)(H,53,66)(H,54,68)(H,55,65)(H,56,69)(H,57,67)(H,58,70)(H,59,72)(H,60,71)(H4,50,51,52)/t26-,27-,28-,29?,30-,31?,32?/m0/s1. The van der Waals surface area contributed by atoms with Crippen LogP contribution in [0.3, 0.4) is 0 Å². The van der Waals surface area contributed by atoms with Crippen molar-refractivity contribution in [3.63, 3.8) is 0 Å². The van der Waals surface area contributed by atoms with Crippen molar-refractivity contribution in [2.75, 3.05) is 24.6 Å². The molecule has 1 aliphatic rings. The molecule has 0 spiro atoms. The van der Waals surface area contributed by atoms with Crippen LogP contribution in [-0.2, 0) is 65.6 Å². The van der Waals surface area contributed by atoms with Gasteiger partial charge >= 0.3 is 0 Å². The second kappa shape index (κ2) is 29.8. The van der Waals surface area contributed by atoms with E-state index in [1.165, 1.54) is 38.1 Å². The molecule has 0 bridgehead atoms. The summed E-state index contributed by atoms with van der Waals surface area (Å²) in [7, 11) is 1.91. The molecule has 0 radical (unpaired) electrons. The van der Waals surface area contributed by atoms with Crippen molar-refractivity contribution < 1.29 is 57.8 Å². The minimum atomic E-state index is -1.85. The molecule has 11 amide bonds. The molecule has 74 heavy (non-hydrogen) atoms. The molecule has 27 nitrogen and oxygen atoms in total. The van der Waals surface area contributed by atoms with E-state index in [0.29, 0.717) is 11.1 Å². The lowest BCUT2D eigenvalue weighted by Crippen LogP contribution is -2.63. The van der Waals surface area contributed by atoms with E-state index >= 15 is 0 Å². The maximum Gasteiger partial charge on any atom is 0.245 e. The predicted molar refractivity (Wildman–Crippen MR) is 273 cm³/mol. The molecule has 1 heterocycles. The van der Waals surface area contributed by atoms with Crippen LogP contribution in [0.1, 0.15) is 57.1 Å². The number of aromatic hydroxyl groups is 1. The molecule has 3 unspecified atom stereocenters. The summed E-state index contributed by atoms with van der Waals surface area (Å²) >= 11 is 0. The Labute approximate surface area is 433 Å². The number of rotatable bonds is 20. The molecule has 404 valence electrons. The number of nitrogens with one attached hydrogen (secondary N) is 8. The van der Waals surface area contributed by atoms with Crippen molar-refractivity contribution in [2.45, 2.75) is 107 Å². The van der Waals surface area contributed by atoms with Crippen molar-refractivity contribution in [3.8, 4) is 5.75 Å². The van der Waals surface area contributed by atoms with Crippen LogP contribution in [0.25, 0.3) is 0 Å². The molecular weight excluding hydrogens is 1010 g/mol. The lowest BCUT2D eigenvalue weighted by molar-refractivity contribution is -0.137. The third-order valence-electron chi connectivity index (χ3n) is 10.8. The van der Waals surface area contributed by atoms with Gasteiger partial charge < -0.3 is 82.0 Å². The van der Waals surface area contributed by atoms with Crippen molar-refractivity contribution in [1.29, 1.82) is 0 Å². The maximum atomic E-state index is 14.3. The minimum absolute atomic E-state index is 0.0373. The van der Waals surface area contributed by atoms with Gasteiger partial charge in [-0.1, -0.05) is 64.1 Å². The van der Waals surface area contributed by atoms with Gasteiger partial charge in [0.25, 0.3) is 0 Å². The van der Waals surface area contributed by atoms with E-state index in [9.17, 15) is 57.8 Å². The molecule has 2 aromatic rings. The van der Waals surface area contributed by atoms with E-state index in [-0.39, 0.29) is 55.4 Å².